The van der Waals surface area contributed by atoms with Gasteiger partial charge in [-0.2, -0.15) is 0 Å². The number of rotatable bonds is 4. The summed E-state index contributed by atoms with van der Waals surface area (Å²) >= 11 is 0. The molecule has 1 heterocycles. The van der Waals surface area contributed by atoms with Crippen molar-refractivity contribution in [1.29, 1.82) is 0 Å². The summed E-state index contributed by atoms with van der Waals surface area (Å²) in [6.45, 7) is 2.79. The third-order valence-corrected chi connectivity index (χ3v) is 4.45. The second-order valence-corrected chi connectivity index (χ2v) is 6.38. The minimum atomic E-state index is -0.456. The standard InChI is InChI=1S/C19H20N4O4/c1-13(24)21-18-4-2-3-15-12-22(10-9-17(15)18)19(25)20-11-14-5-7-16(8-6-14)23(26)27/h2-8H,9-12H2,1H3,(H,20,25)(H,21,24). The molecule has 2 aromatic rings. The van der Waals surface area contributed by atoms with Crippen molar-refractivity contribution < 1.29 is 14.5 Å². The van der Waals surface area contributed by atoms with Crippen molar-refractivity contribution in [2.75, 3.05) is 11.9 Å². The number of nitro benzene ring substituents is 1. The molecule has 0 atom stereocenters. The van der Waals surface area contributed by atoms with Crippen molar-refractivity contribution in [3.63, 3.8) is 0 Å². The molecule has 3 amide bonds. The van der Waals surface area contributed by atoms with Crippen molar-refractivity contribution in [1.82, 2.24) is 10.2 Å². The number of anilines is 1. The number of fused-ring (bicyclic) bond motifs is 1. The highest BCUT2D eigenvalue weighted by Crippen LogP contribution is 2.26. The van der Waals surface area contributed by atoms with Gasteiger partial charge >= 0.3 is 6.03 Å². The summed E-state index contributed by atoms with van der Waals surface area (Å²) in [5.74, 6) is -0.119. The highest BCUT2D eigenvalue weighted by Gasteiger charge is 2.22. The number of carbonyl (C=O) groups is 2. The Balaban J connectivity index is 1.61. The highest BCUT2D eigenvalue weighted by molar-refractivity contribution is 5.90. The van der Waals surface area contributed by atoms with Crippen LogP contribution in [-0.4, -0.2) is 28.3 Å². The number of benzene rings is 2. The van der Waals surface area contributed by atoms with Crippen LogP contribution >= 0.6 is 0 Å². The molecule has 0 aliphatic carbocycles. The predicted molar refractivity (Wildman–Crippen MR) is 100 cm³/mol. The van der Waals surface area contributed by atoms with Gasteiger partial charge in [0.2, 0.25) is 5.91 Å². The third kappa shape index (κ3) is 4.41. The van der Waals surface area contributed by atoms with Crippen molar-refractivity contribution in [2.45, 2.75) is 26.4 Å². The predicted octanol–water partition coefficient (Wildman–Crippen LogP) is 2.82. The molecule has 3 rings (SSSR count). The van der Waals surface area contributed by atoms with Gasteiger partial charge in [-0.3, -0.25) is 14.9 Å². The molecule has 1 aliphatic heterocycles. The van der Waals surface area contributed by atoms with Gasteiger partial charge in [-0.15, -0.1) is 0 Å². The van der Waals surface area contributed by atoms with Crippen molar-refractivity contribution in [3.05, 3.63) is 69.3 Å². The lowest BCUT2D eigenvalue weighted by Crippen LogP contribution is -2.42. The van der Waals surface area contributed by atoms with E-state index in [-0.39, 0.29) is 17.6 Å². The number of hydrogen-bond donors (Lipinski definition) is 2. The monoisotopic (exact) mass is 368 g/mol. The van der Waals surface area contributed by atoms with Crippen molar-refractivity contribution in [2.24, 2.45) is 0 Å². The van der Waals surface area contributed by atoms with E-state index in [1.54, 1.807) is 17.0 Å². The third-order valence-electron chi connectivity index (χ3n) is 4.45. The summed E-state index contributed by atoms with van der Waals surface area (Å²) in [6.07, 6.45) is 0.663. The van der Waals surface area contributed by atoms with Crippen LogP contribution in [0, 0.1) is 10.1 Å². The Hall–Kier alpha value is -3.42. The zero-order valence-electron chi connectivity index (χ0n) is 14.9. The Morgan fingerprint density at radius 1 is 1.19 bits per heavy atom. The summed E-state index contributed by atoms with van der Waals surface area (Å²) in [6, 6.07) is 11.6. The second kappa shape index (κ2) is 7.86. The van der Waals surface area contributed by atoms with E-state index in [9.17, 15) is 19.7 Å². The zero-order chi connectivity index (χ0) is 19.4. The number of nitrogens with zero attached hydrogens (tertiary/aromatic N) is 2. The topological polar surface area (TPSA) is 105 Å². The van der Waals surface area contributed by atoms with Crippen LogP contribution in [0.5, 0.6) is 0 Å². The molecule has 0 saturated carbocycles. The first-order valence-electron chi connectivity index (χ1n) is 8.58. The molecular weight excluding hydrogens is 348 g/mol. The van der Waals surface area contributed by atoms with Gasteiger partial charge in [0.25, 0.3) is 5.69 Å². The average Bonchev–Trinajstić information content (AvgIpc) is 2.65. The first kappa shape index (κ1) is 18.4. The summed E-state index contributed by atoms with van der Waals surface area (Å²) in [5.41, 5.74) is 3.68. The molecule has 27 heavy (non-hydrogen) atoms. The Morgan fingerprint density at radius 2 is 1.93 bits per heavy atom. The number of urea groups is 1. The first-order chi connectivity index (χ1) is 12.9. The number of carbonyl (C=O) groups excluding carboxylic acids is 2. The largest absolute Gasteiger partial charge is 0.334 e. The molecule has 0 aromatic heterocycles. The number of hydrogen-bond acceptors (Lipinski definition) is 4. The van der Waals surface area contributed by atoms with Crippen LogP contribution in [0.15, 0.2) is 42.5 Å². The van der Waals surface area contributed by atoms with Crippen LogP contribution in [0.4, 0.5) is 16.2 Å². The van der Waals surface area contributed by atoms with Gasteiger partial charge in [0.1, 0.15) is 0 Å². The van der Waals surface area contributed by atoms with Gasteiger partial charge < -0.3 is 15.5 Å². The molecule has 0 radical (unpaired) electrons. The molecule has 8 nitrogen and oxygen atoms in total. The van der Waals surface area contributed by atoms with E-state index in [1.165, 1.54) is 19.1 Å². The number of nitro groups is 1. The maximum absolute atomic E-state index is 12.5. The van der Waals surface area contributed by atoms with E-state index >= 15 is 0 Å². The molecular formula is C19H20N4O4. The lowest BCUT2D eigenvalue weighted by atomic mass is 9.98. The highest BCUT2D eigenvalue weighted by atomic mass is 16.6. The quantitative estimate of drug-likeness (QED) is 0.639. The zero-order valence-corrected chi connectivity index (χ0v) is 14.9. The molecule has 0 spiro atoms. The van der Waals surface area contributed by atoms with Gasteiger partial charge in [-0.05, 0) is 29.2 Å². The Morgan fingerprint density at radius 3 is 2.59 bits per heavy atom. The van der Waals surface area contributed by atoms with Crippen LogP contribution in [0.3, 0.4) is 0 Å². The van der Waals surface area contributed by atoms with Gasteiger partial charge in [0, 0.05) is 44.4 Å². The fraction of sp³-hybridized carbons (Fsp3) is 0.263. The van der Waals surface area contributed by atoms with E-state index < -0.39 is 4.92 Å². The summed E-state index contributed by atoms with van der Waals surface area (Å²) in [7, 11) is 0. The maximum atomic E-state index is 12.5. The van der Waals surface area contributed by atoms with Crippen molar-refractivity contribution >= 4 is 23.3 Å². The van der Waals surface area contributed by atoms with Gasteiger partial charge in [-0.25, -0.2) is 4.79 Å². The lowest BCUT2D eigenvalue weighted by Gasteiger charge is -2.30. The SMILES string of the molecule is CC(=O)Nc1cccc2c1CCN(C(=O)NCc1ccc([N+](=O)[O-])cc1)C2. The Bertz CT molecular complexity index is 880. The molecule has 8 heteroatoms. The maximum Gasteiger partial charge on any atom is 0.317 e. The van der Waals surface area contributed by atoms with Gasteiger partial charge in [-0.1, -0.05) is 24.3 Å². The minimum Gasteiger partial charge on any atom is -0.334 e. The molecule has 2 N–H and O–H groups in total. The molecule has 0 bridgehead atoms. The lowest BCUT2D eigenvalue weighted by molar-refractivity contribution is -0.384. The Kier molecular flexibility index (Phi) is 5.35. The van der Waals surface area contributed by atoms with Crippen LogP contribution < -0.4 is 10.6 Å². The fourth-order valence-corrected chi connectivity index (χ4v) is 3.11. The molecule has 140 valence electrons. The molecule has 0 fully saturated rings. The average molecular weight is 368 g/mol. The molecule has 0 saturated heterocycles. The normalized spacial score (nSPS) is 12.9. The van der Waals surface area contributed by atoms with Crippen LogP contribution in [0.1, 0.15) is 23.6 Å². The van der Waals surface area contributed by atoms with E-state index in [1.807, 2.05) is 18.2 Å². The number of amides is 3. The fourth-order valence-electron chi connectivity index (χ4n) is 3.11. The van der Waals surface area contributed by atoms with E-state index in [0.29, 0.717) is 26.1 Å². The molecule has 2 aromatic carbocycles. The van der Waals surface area contributed by atoms with E-state index in [2.05, 4.69) is 10.6 Å². The molecule has 1 aliphatic rings. The van der Waals surface area contributed by atoms with Crippen LogP contribution in [-0.2, 0) is 24.3 Å². The molecule has 0 unspecified atom stereocenters. The second-order valence-electron chi connectivity index (χ2n) is 6.38. The van der Waals surface area contributed by atoms with Crippen LogP contribution in [0.25, 0.3) is 0 Å². The smallest absolute Gasteiger partial charge is 0.317 e. The number of non-ortho nitro benzene ring substituents is 1. The summed E-state index contributed by atoms with van der Waals surface area (Å²) in [4.78, 5) is 35.7. The van der Waals surface area contributed by atoms with E-state index in [4.69, 9.17) is 0 Å². The van der Waals surface area contributed by atoms with Gasteiger partial charge in [0.05, 0.1) is 4.92 Å². The Labute approximate surface area is 156 Å². The summed E-state index contributed by atoms with van der Waals surface area (Å²) < 4.78 is 0. The van der Waals surface area contributed by atoms with Crippen LogP contribution in [0.2, 0.25) is 0 Å². The van der Waals surface area contributed by atoms with Crippen molar-refractivity contribution in [3.8, 4) is 0 Å². The first-order valence-corrected chi connectivity index (χ1v) is 8.58. The van der Waals surface area contributed by atoms with Gasteiger partial charge in [0.15, 0.2) is 0 Å². The number of nitrogens with one attached hydrogen (secondary N) is 2. The summed E-state index contributed by atoms with van der Waals surface area (Å²) in [5, 5.41) is 16.3. The van der Waals surface area contributed by atoms with E-state index in [0.717, 1.165) is 22.4 Å². The minimum absolute atomic E-state index is 0.0210.